The maximum absolute atomic E-state index is 12.3. The first-order valence-corrected chi connectivity index (χ1v) is 8.14. The second kappa shape index (κ2) is 7.36. The highest BCUT2D eigenvalue weighted by molar-refractivity contribution is 6.04. The van der Waals surface area contributed by atoms with Crippen molar-refractivity contribution in [3.63, 3.8) is 0 Å². The minimum atomic E-state index is -0.812. The van der Waals surface area contributed by atoms with E-state index in [4.69, 9.17) is 4.74 Å². The lowest BCUT2D eigenvalue weighted by atomic mass is 10.1. The molecule has 0 aliphatic carbocycles. The van der Waals surface area contributed by atoms with Gasteiger partial charge in [-0.2, -0.15) is 5.10 Å². The Morgan fingerprint density at radius 3 is 2.68 bits per heavy atom. The molecule has 3 N–H and O–H groups in total. The number of aliphatic hydroxyl groups excluding tert-OH is 1. The van der Waals surface area contributed by atoms with Crippen molar-refractivity contribution >= 4 is 16.8 Å². The Balaban J connectivity index is 1.55. The van der Waals surface area contributed by atoms with E-state index in [1.165, 1.54) is 0 Å². The number of amides is 1. The van der Waals surface area contributed by atoms with Crippen molar-refractivity contribution in [2.24, 2.45) is 0 Å². The quantitative estimate of drug-likeness (QED) is 0.643. The van der Waals surface area contributed by atoms with Gasteiger partial charge in [0.1, 0.15) is 18.5 Å². The summed E-state index contributed by atoms with van der Waals surface area (Å²) >= 11 is 0. The van der Waals surface area contributed by atoms with Gasteiger partial charge < -0.3 is 15.2 Å². The summed E-state index contributed by atoms with van der Waals surface area (Å²) in [6, 6.07) is 13.3. The Labute approximate surface area is 145 Å². The van der Waals surface area contributed by atoms with Gasteiger partial charge in [0, 0.05) is 11.9 Å². The van der Waals surface area contributed by atoms with Crippen LogP contribution in [0, 0.1) is 13.8 Å². The smallest absolute Gasteiger partial charge is 0.272 e. The molecule has 0 aliphatic heterocycles. The van der Waals surface area contributed by atoms with Crippen molar-refractivity contribution in [1.82, 2.24) is 15.5 Å². The third kappa shape index (κ3) is 3.80. The highest BCUT2D eigenvalue weighted by Crippen LogP contribution is 2.22. The molecule has 1 heterocycles. The molecule has 0 radical (unpaired) electrons. The van der Waals surface area contributed by atoms with E-state index in [0.717, 1.165) is 27.8 Å². The van der Waals surface area contributed by atoms with Gasteiger partial charge in [-0.25, -0.2) is 0 Å². The summed E-state index contributed by atoms with van der Waals surface area (Å²) in [5.74, 6) is 0.440. The molecule has 0 bridgehead atoms. The predicted octanol–water partition coefficient (Wildman–Crippen LogP) is 2.35. The summed E-state index contributed by atoms with van der Waals surface area (Å²) in [7, 11) is 0. The van der Waals surface area contributed by atoms with E-state index in [0.29, 0.717) is 5.69 Å². The van der Waals surface area contributed by atoms with E-state index in [1.54, 1.807) is 0 Å². The van der Waals surface area contributed by atoms with E-state index in [1.807, 2.05) is 56.3 Å². The van der Waals surface area contributed by atoms with Gasteiger partial charge in [0.05, 0.1) is 5.52 Å². The molecule has 6 nitrogen and oxygen atoms in total. The van der Waals surface area contributed by atoms with Crippen molar-refractivity contribution in [3.8, 4) is 5.75 Å². The molecule has 1 amide bonds. The molecule has 0 saturated heterocycles. The van der Waals surface area contributed by atoms with Gasteiger partial charge in [0.15, 0.2) is 5.69 Å². The fraction of sp³-hybridized carbons (Fsp3) is 0.263. The first kappa shape index (κ1) is 17.0. The molecule has 1 atom stereocenters. The number of rotatable bonds is 6. The molecule has 1 aromatic heterocycles. The average molecular weight is 339 g/mol. The summed E-state index contributed by atoms with van der Waals surface area (Å²) in [6.45, 7) is 4.11. The number of para-hydroxylation sites is 2. The van der Waals surface area contributed by atoms with Gasteiger partial charge in [-0.05, 0) is 31.0 Å². The fourth-order valence-corrected chi connectivity index (χ4v) is 2.70. The number of aromatic nitrogens is 2. The van der Waals surface area contributed by atoms with Gasteiger partial charge in [-0.15, -0.1) is 0 Å². The maximum atomic E-state index is 12.3. The maximum Gasteiger partial charge on any atom is 0.272 e. The number of nitrogens with zero attached hydrogens (tertiary/aromatic N) is 1. The zero-order valence-electron chi connectivity index (χ0n) is 14.2. The van der Waals surface area contributed by atoms with Crippen LogP contribution in [0.2, 0.25) is 0 Å². The number of ether oxygens (including phenoxy) is 1. The van der Waals surface area contributed by atoms with Gasteiger partial charge in [0.25, 0.3) is 5.91 Å². The Kier molecular flexibility index (Phi) is 5.00. The molecule has 0 spiro atoms. The molecular weight excluding hydrogens is 318 g/mol. The number of hydrogen-bond acceptors (Lipinski definition) is 4. The number of carbonyl (C=O) groups is 1. The number of aliphatic hydroxyl groups is 1. The summed E-state index contributed by atoms with van der Waals surface area (Å²) in [4.78, 5) is 12.3. The number of carbonyl (C=O) groups excluding carboxylic acids is 1. The summed E-state index contributed by atoms with van der Waals surface area (Å²) in [5, 5.41) is 20.4. The normalized spacial score (nSPS) is 12.1. The molecule has 25 heavy (non-hydrogen) atoms. The summed E-state index contributed by atoms with van der Waals surface area (Å²) in [5.41, 5.74) is 3.14. The molecule has 0 fully saturated rings. The van der Waals surface area contributed by atoms with Gasteiger partial charge in [-0.1, -0.05) is 36.4 Å². The molecular formula is C19H21N3O3. The molecule has 0 saturated carbocycles. The minimum absolute atomic E-state index is 0.0882. The van der Waals surface area contributed by atoms with E-state index in [2.05, 4.69) is 15.5 Å². The van der Waals surface area contributed by atoms with Crippen LogP contribution in [-0.4, -0.2) is 40.5 Å². The molecule has 130 valence electrons. The van der Waals surface area contributed by atoms with Crippen LogP contribution in [0.15, 0.2) is 42.5 Å². The zero-order chi connectivity index (χ0) is 17.8. The van der Waals surface area contributed by atoms with Crippen molar-refractivity contribution in [1.29, 1.82) is 0 Å². The standard InChI is InChI=1S/C19H21N3O3/c1-12-6-5-7-13(2)18(12)25-11-14(23)10-20-19(24)17-15-8-3-4-9-16(15)21-22-17/h3-9,14,23H,10-11H2,1-2H3,(H,20,24)(H,21,22). The molecule has 3 aromatic rings. The topological polar surface area (TPSA) is 87.2 Å². The first-order valence-electron chi connectivity index (χ1n) is 8.14. The summed E-state index contributed by atoms with van der Waals surface area (Å²) < 4.78 is 5.70. The van der Waals surface area contributed by atoms with E-state index in [-0.39, 0.29) is 19.1 Å². The minimum Gasteiger partial charge on any atom is -0.490 e. The molecule has 6 heteroatoms. The van der Waals surface area contributed by atoms with Crippen molar-refractivity contribution in [2.75, 3.05) is 13.2 Å². The summed E-state index contributed by atoms with van der Waals surface area (Å²) in [6.07, 6.45) is -0.812. The highest BCUT2D eigenvalue weighted by Gasteiger charge is 2.15. The van der Waals surface area contributed by atoms with E-state index >= 15 is 0 Å². The fourth-order valence-electron chi connectivity index (χ4n) is 2.70. The van der Waals surface area contributed by atoms with Gasteiger partial charge in [-0.3, -0.25) is 9.89 Å². The largest absolute Gasteiger partial charge is 0.490 e. The zero-order valence-corrected chi connectivity index (χ0v) is 14.2. The molecule has 1 unspecified atom stereocenters. The van der Waals surface area contributed by atoms with Crippen molar-refractivity contribution in [3.05, 3.63) is 59.3 Å². The molecule has 3 rings (SSSR count). The first-order chi connectivity index (χ1) is 12.1. The van der Waals surface area contributed by atoms with E-state index < -0.39 is 6.10 Å². The lowest BCUT2D eigenvalue weighted by molar-refractivity contribution is 0.0839. The van der Waals surface area contributed by atoms with Crippen LogP contribution in [-0.2, 0) is 0 Å². The van der Waals surface area contributed by atoms with Crippen LogP contribution < -0.4 is 10.1 Å². The predicted molar refractivity (Wildman–Crippen MR) is 95.8 cm³/mol. The highest BCUT2D eigenvalue weighted by atomic mass is 16.5. The number of aromatic amines is 1. The monoisotopic (exact) mass is 339 g/mol. The second-order valence-corrected chi connectivity index (χ2v) is 6.01. The number of H-pyrrole nitrogens is 1. The number of hydrogen-bond donors (Lipinski definition) is 3. The van der Waals surface area contributed by atoms with Crippen molar-refractivity contribution in [2.45, 2.75) is 20.0 Å². The van der Waals surface area contributed by atoms with Crippen molar-refractivity contribution < 1.29 is 14.6 Å². The third-order valence-electron chi connectivity index (χ3n) is 4.01. The van der Waals surface area contributed by atoms with Crippen LogP contribution in [0.4, 0.5) is 0 Å². The number of aryl methyl sites for hydroxylation is 2. The van der Waals surface area contributed by atoms with E-state index in [9.17, 15) is 9.90 Å². The van der Waals surface area contributed by atoms with Crippen LogP contribution in [0.1, 0.15) is 21.6 Å². The SMILES string of the molecule is Cc1cccc(C)c1OCC(O)CNC(=O)c1n[nH]c2ccccc12. The Morgan fingerprint density at radius 2 is 1.92 bits per heavy atom. The molecule has 2 aromatic carbocycles. The van der Waals surface area contributed by atoms with Gasteiger partial charge in [0.2, 0.25) is 0 Å². The van der Waals surface area contributed by atoms with Crippen LogP contribution in [0.25, 0.3) is 10.9 Å². The lowest BCUT2D eigenvalue weighted by Gasteiger charge is -2.16. The average Bonchev–Trinajstić information content (AvgIpc) is 3.03. The second-order valence-electron chi connectivity index (χ2n) is 6.01. The number of nitrogens with one attached hydrogen (secondary N) is 2. The van der Waals surface area contributed by atoms with Crippen LogP contribution >= 0.6 is 0 Å². The lowest BCUT2D eigenvalue weighted by Crippen LogP contribution is -2.35. The Morgan fingerprint density at radius 1 is 1.20 bits per heavy atom. The van der Waals surface area contributed by atoms with Gasteiger partial charge >= 0.3 is 0 Å². The number of fused-ring (bicyclic) bond motifs is 1. The molecule has 0 aliphatic rings. The Hall–Kier alpha value is -2.86. The van der Waals surface area contributed by atoms with Crippen LogP contribution in [0.5, 0.6) is 5.75 Å². The Bertz CT molecular complexity index is 868. The number of benzene rings is 2. The van der Waals surface area contributed by atoms with Crippen LogP contribution in [0.3, 0.4) is 0 Å². The third-order valence-corrected chi connectivity index (χ3v) is 4.01.